The van der Waals surface area contributed by atoms with Crippen molar-refractivity contribution >= 4 is 40.4 Å². The Morgan fingerprint density at radius 2 is 2.00 bits per heavy atom. The Balaban J connectivity index is 2.06. The third-order valence-electron chi connectivity index (χ3n) is 3.15. The number of hydrogen-bond acceptors (Lipinski definition) is 5. The molecule has 0 radical (unpaired) electrons. The molecule has 1 aromatic rings. The number of nitrogens with zero attached hydrogens (tertiary/aromatic N) is 2. The summed E-state index contributed by atoms with van der Waals surface area (Å²) in [5.74, 6) is -1.51. The van der Waals surface area contributed by atoms with Gasteiger partial charge in [-0.1, -0.05) is 11.8 Å². The van der Waals surface area contributed by atoms with Gasteiger partial charge in [0.15, 0.2) is 5.17 Å². The summed E-state index contributed by atoms with van der Waals surface area (Å²) in [5, 5.41) is 11.4. The van der Waals surface area contributed by atoms with E-state index in [1.165, 1.54) is 40.9 Å². The standard InChI is InChI=1S/C14H15N3O4S/c1-15-14-17(2)11(18)7-10(22-14)12(19)16-9-5-3-8(4-6-9)13(20)21/h3-6,10H,7H2,1-2H3,(H,16,19)(H,20,21)/t10-/m1/s1. The average molecular weight is 321 g/mol. The quantitative estimate of drug-likeness (QED) is 0.873. The Labute approximate surface area is 131 Å². The van der Waals surface area contributed by atoms with Crippen LogP contribution in [0, 0.1) is 0 Å². The van der Waals surface area contributed by atoms with Crippen molar-refractivity contribution < 1.29 is 19.5 Å². The Morgan fingerprint density at radius 1 is 1.36 bits per heavy atom. The molecule has 1 aliphatic rings. The van der Waals surface area contributed by atoms with Crippen LogP contribution in [0.15, 0.2) is 29.3 Å². The minimum atomic E-state index is -1.03. The number of carbonyl (C=O) groups is 3. The third-order valence-corrected chi connectivity index (χ3v) is 4.48. The zero-order valence-corrected chi connectivity index (χ0v) is 12.9. The van der Waals surface area contributed by atoms with Crippen LogP contribution in [0.1, 0.15) is 16.8 Å². The van der Waals surface area contributed by atoms with Gasteiger partial charge in [-0.2, -0.15) is 0 Å². The lowest BCUT2D eigenvalue weighted by Crippen LogP contribution is -2.43. The third kappa shape index (κ3) is 3.45. The van der Waals surface area contributed by atoms with Gasteiger partial charge in [-0.15, -0.1) is 0 Å². The zero-order valence-electron chi connectivity index (χ0n) is 12.1. The van der Waals surface area contributed by atoms with E-state index in [2.05, 4.69) is 10.3 Å². The number of benzene rings is 1. The molecule has 1 saturated heterocycles. The van der Waals surface area contributed by atoms with E-state index in [4.69, 9.17) is 5.11 Å². The molecule has 0 spiro atoms. The van der Waals surface area contributed by atoms with Crippen LogP contribution >= 0.6 is 11.8 Å². The summed E-state index contributed by atoms with van der Waals surface area (Å²) < 4.78 is 0. The topological polar surface area (TPSA) is 99.1 Å². The van der Waals surface area contributed by atoms with Gasteiger partial charge >= 0.3 is 5.97 Å². The van der Waals surface area contributed by atoms with Crippen LogP contribution in [0.5, 0.6) is 0 Å². The van der Waals surface area contributed by atoms with Gasteiger partial charge in [0, 0.05) is 26.2 Å². The van der Waals surface area contributed by atoms with Crippen LogP contribution in [0.3, 0.4) is 0 Å². The minimum Gasteiger partial charge on any atom is -0.478 e. The van der Waals surface area contributed by atoms with E-state index >= 15 is 0 Å². The Hall–Kier alpha value is -2.35. The molecule has 2 rings (SSSR count). The van der Waals surface area contributed by atoms with Crippen LogP contribution in [-0.4, -0.2) is 52.3 Å². The van der Waals surface area contributed by atoms with Gasteiger partial charge < -0.3 is 10.4 Å². The lowest BCUT2D eigenvalue weighted by Gasteiger charge is -2.28. The molecule has 1 heterocycles. The highest BCUT2D eigenvalue weighted by molar-refractivity contribution is 8.15. The molecule has 22 heavy (non-hydrogen) atoms. The van der Waals surface area contributed by atoms with Crippen LogP contribution in [0.4, 0.5) is 5.69 Å². The van der Waals surface area contributed by atoms with Crippen molar-refractivity contribution in [1.29, 1.82) is 0 Å². The normalized spacial score (nSPS) is 20.1. The fraction of sp³-hybridized carbons (Fsp3) is 0.286. The van der Waals surface area contributed by atoms with E-state index in [0.717, 1.165) is 0 Å². The highest BCUT2D eigenvalue weighted by Gasteiger charge is 2.33. The molecule has 7 nitrogen and oxygen atoms in total. The van der Waals surface area contributed by atoms with Crippen LogP contribution in [0.2, 0.25) is 0 Å². The molecule has 0 bridgehead atoms. The number of nitrogens with one attached hydrogen (secondary N) is 1. The number of amides is 2. The lowest BCUT2D eigenvalue weighted by atomic mass is 10.2. The number of carboxylic acids is 1. The summed E-state index contributed by atoms with van der Waals surface area (Å²) in [6, 6.07) is 5.84. The van der Waals surface area contributed by atoms with Crippen molar-refractivity contribution in [2.24, 2.45) is 4.99 Å². The number of hydrogen-bond donors (Lipinski definition) is 2. The molecule has 1 aliphatic heterocycles. The summed E-state index contributed by atoms with van der Waals surface area (Å²) in [5.41, 5.74) is 0.624. The highest BCUT2D eigenvalue weighted by Crippen LogP contribution is 2.26. The minimum absolute atomic E-state index is 0.0965. The van der Waals surface area contributed by atoms with E-state index in [9.17, 15) is 14.4 Å². The first-order valence-electron chi connectivity index (χ1n) is 6.46. The monoisotopic (exact) mass is 321 g/mol. The maximum Gasteiger partial charge on any atom is 0.335 e. The van der Waals surface area contributed by atoms with Crippen molar-refractivity contribution in [1.82, 2.24) is 4.90 Å². The Bertz CT molecular complexity index is 642. The molecule has 0 aromatic heterocycles. The van der Waals surface area contributed by atoms with E-state index in [1.54, 1.807) is 14.1 Å². The second kappa shape index (κ2) is 6.61. The van der Waals surface area contributed by atoms with Crippen molar-refractivity contribution in [2.75, 3.05) is 19.4 Å². The van der Waals surface area contributed by atoms with Crippen LogP contribution in [0.25, 0.3) is 0 Å². The van der Waals surface area contributed by atoms with Gasteiger partial charge in [0.2, 0.25) is 11.8 Å². The molecule has 0 saturated carbocycles. The number of aromatic carboxylic acids is 1. The number of carboxylic acid groups (broad SMARTS) is 1. The molecule has 116 valence electrons. The predicted molar refractivity (Wildman–Crippen MR) is 84.2 cm³/mol. The molecule has 2 N–H and O–H groups in total. The molecule has 8 heteroatoms. The molecule has 0 unspecified atom stereocenters. The maximum atomic E-state index is 12.2. The van der Waals surface area contributed by atoms with Gasteiger partial charge in [0.05, 0.1) is 5.56 Å². The van der Waals surface area contributed by atoms with Gasteiger partial charge in [-0.25, -0.2) is 4.79 Å². The van der Waals surface area contributed by atoms with E-state index < -0.39 is 11.2 Å². The molecular formula is C14H15N3O4S. The smallest absolute Gasteiger partial charge is 0.335 e. The van der Waals surface area contributed by atoms with Crippen molar-refractivity contribution in [3.05, 3.63) is 29.8 Å². The maximum absolute atomic E-state index is 12.2. The first-order valence-corrected chi connectivity index (χ1v) is 7.34. The number of aliphatic imine (C=N–C) groups is 1. The number of anilines is 1. The SMILES string of the molecule is CN=C1S[C@@H](C(=O)Nc2ccc(C(=O)O)cc2)CC(=O)N1C. The molecule has 1 fully saturated rings. The van der Waals surface area contributed by atoms with Gasteiger partial charge in [-0.05, 0) is 24.3 Å². The molecule has 2 amide bonds. The number of amidine groups is 1. The second-order valence-electron chi connectivity index (χ2n) is 4.64. The zero-order chi connectivity index (χ0) is 16.3. The summed E-state index contributed by atoms with van der Waals surface area (Å²) >= 11 is 1.23. The predicted octanol–water partition coefficient (Wildman–Crippen LogP) is 1.27. The van der Waals surface area contributed by atoms with Crippen molar-refractivity contribution in [2.45, 2.75) is 11.7 Å². The number of thioether (sulfide) groups is 1. The van der Waals surface area contributed by atoms with Gasteiger partial charge in [0.25, 0.3) is 0 Å². The summed E-state index contributed by atoms with van der Waals surface area (Å²) in [6.07, 6.45) is 0.0965. The lowest BCUT2D eigenvalue weighted by molar-refractivity contribution is -0.128. The number of carbonyl (C=O) groups excluding carboxylic acids is 2. The van der Waals surface area contributed by atoms with E-state index in [1.807, 2.05) is 0 Å². The molecular weight excluding hydrogens is 306 g/mol. The largest absolute Gasteiger partial charge is 0.478 e. The fourth-order valence-corrected chi connectivity index (χ4v) is 2.93. The van der Waals surface area contributed by atoms with Crippen molar-refractivity contribution in [3.63, 3.8) is 0 Å². The fourth-order valence-electron chi connectivity index (χ4n) is 1.92. The summed E-state index contributed by atoms with van der Waals surface area (Å²) in [4.78, 5) is 40.3. The van der Waals surface area contributed by atoms with Gasteiger partial charge in [0.1, 0.15) is 5.25 Å². The molecule has 0 aliphatic carbocycles. The van der Waals surface area contributed by atoms with E-state index in [-0.39, 0.29) is 23.8 Å². The first kappa shape index (κ1) is 16.0. The summed E-state index contributed by atoms with van der Waals surface area (Å²) in [7, 11) is 3.19. The molecule has 1 aromatic carbocycles. The van der Waals surface area contributed by atoms with Gasteiger partial charge in [-0.3, -0.25) is 19.5 Å². The van der Waals surface area contributed by atoms with Crippen LogP contribution in [-0.2, 0) is 9.59 Å². The highest BCUT2D eigenvalue weighted by atomic mass is 32.2. The first-order chi connectivity index (χ1) is 10.4. The van der Waals surface area contributed by atoms with Crippen molar-refractivity contribution in [3.8, 4) is 0 Å². The number of rotatable bonds is 3. The summed E-state index contributed by atoms with van der Waals surface area (Å²) in [6.45, 7) is 0. The second-order valence-corrected chi connectivity index (χ2v) is 5.81. The van der Waals surface area contributed by atoms with E-state index in [0.29, 0.717) is 10.9 Å². The molecule has 1 atom stereocenters. The van der Waals surface area contributed by atoms with Crippen LogP contribution < -0.4 is 5.32 Å². The average Bonchev–Trinajstić information content (AvgIpc) is 2.50. The Morgan fingerprint density at radius 3 is 2.55 bits per heavy atom. The Kier molecular flexibility index (Phi) is 4.81.